The molecule has 0 aliphatic rings. The Kier molecular flexibility index (Phi) is 6.52. The van der Waals surface area contributed by atoms with Gasteiger partial charge in [0, 0.05) is 11.9 Å². The van der Waals surface area contributed by atoms with E-state index in [1.54, 1.807) is 11.3 Å². The number of aryl methyl sites for hydroxylation is 1. The minimum atomic E-state index is -0.158. The second-order valence-corrected chi connectivity index (χ2v) is 7.70. The van der Waals surface area contributed by atoms with E-state index in [0.29, 0.717) is 19.6 Å². The van der Waals surface area contributed by atoms with Crippen LogP contribution in [0.5, 0.6) is 0 Å². The van der Waals surface area contributed by atoms with Crippen molar-refractivity contribution in [1.29, 1.82) is 0 Å². The van der Waals surface area contributed by atoms with Crippen LogP contribution in [-0.2, 0) is 35.5 Å². The molecule has 5 heteroatoms. The van der Waals surface area contributed by atoms with Crippen LogP contribution in [0.3, 0.4) is 0 Å². The summed E-state index contributed by atoms with van der Waals surface area (Å²) in [6.07, 6.45) is 1.25. The molecule has 2 aromatic rings. The molecule has 0 radical (unpaired) electrons. The second kappa shape index (κ2) is 8.40. The molecule has 0 aliphatic heterocycles. The zero-order valence-corrected chi connectivity index (χ0v) is 15.7. The Balaban J connectivity index is 1.83. The van der Waals surface area contributed by atoms with Gasteiger partial charge in [0.1, 0.15) is 0 Å². The van der Waals surface area contributed by atoms with E-state index in [0.717, 1.165) is 28.2 Å². The predicted molar refractivity (Wildman–Crippen MR) is 98.0 cm³/mol. The topological polar surface area (TPSA) is 51.2 Å². The number of benzene rings is 1. The summed E-state index contributed by atoms with van der Waals surface area (Å²) in [6, 6.07) is 8.12. The SMILES string of the molecule is CCc1nc(CC(=O)NCc2cccc(COC(C)(C)C)c2)cs1. The molecule has 1 aromatic carbocycles. The van der Waals surface area contributed by atoms with Crippen molar-refractivity contribution in [3.8, 4) is 0 Å². The van der Waals surface area contributed by atoms with E-state index in [1.165, 1.54) is 0 Å². The molecule has 130 valence electrons. The van der Waals surface area contributed by atoms with Crippen molar-refractivity contribution in [2.45, 2.75) is 59.3 Å². The first-order valence-electron chi connectivity index (χ1n) is 8.27. The fourth-order valence-corrected chi connectivity index (χ4v) is 2.89. The largest absolute Gasteiger partial charge is 0.371 e. The number of nitrogens with zero attached hydrogens (tertiary/aromatic N) is 1. The smallest absolute Gasteiger partial charge is 0.226 e. The molecule has 1 heterocycles. The van der Waals surface area contributed by atoms with Gasteiger partial charge in [-0.05, 0) is 38.3 Å². The number of carbonyl (C=O) groups excluding carboxylic acids is 1. The summed E-state index contributed by atoms with van der Waals surface area (Å²) in [5.41, 5.74) is 2.88. The average molecular weight is 346 g/mol. The Morgan fingerprint density at radius 3 is 2.71 bits per heavy atom. The lowest BCUT2D eigenvalue weighted by atomic mass is 10.1. The van der Waals surface area contributed by atoms with Gasteiger partial charge in [-0.1, -0.05) is 31.2 Å². The number of amides is 1. The highest BCUT2D eigenvalue weighted by Gasteiger charge is 2.10. The third kappa shape index (κ3) is 6.42. The third-order valence-electron chi connectivity index (χ3n) is 3.40. The first-order valence-corrected chi connectivity index (χ1v) is 9.15. The average Bonchev–Trinajstić information content (AvgIpc) is 2.98. The standard InChI is InChI=1S/C19H26N2O2S/c1-5-18-21-16(13-24-18)10-17(22)20-11-14-7-6-8-15(9-14)12-23-19(2,3)4/h6-9,13H,5,10-12H2,1-4H3,(H,20,22). The zero-order valence-electron chi connectivity index (χ0n) is 14.9. The number of ether oxygens (including phenoxy) is 1. The molecule has 0 atom stereocenters. The number of hydrogen-bond donors (Lipinski definition) is 1. The summed E-state index contributed by atoms with van der Waals surface area (Å²) in [7, 11) is 0. The second-order valence-electron chi connectivity index (χ2n) is 6.76. The van der Waals surface area contributed by atoms with Crippen LogP contribution in [0.1, 0.15) is 49.5 Å². The van der Waals surface area contributed by atoms with Crippen LogP contribution >= 0.6 is 11.3 Å². The normalized spacial score (nSPS) is 11.5. The van der Waals surface area contributed by atoms with E-state index >= 15 is 0 Å². The van der Waals surface area contributed by atoms with E-state index in [-0.39, 0.29) is 11.5 Å². The van der Waals surface area contributed by atoms with Crippen LogP contribution in [0.2, 0.25) is 0 Å². The van der Waals surface area contributed by atoms with E-state index in [4.69, 9.17) is 4.74 Å². The van der Waals surface area contributed by atoms with Crippen molar-refractivity contribution in [2.24, 2.45) is 0 Å². The van der Waals surface area contributed by atoms with Crippen LogP contribution in [0.15, 0.2) is 29.6 Å². The molecule has 0 bridgehead atoms. The molecule has 1 amide bonds. The zero-order chi connectivity index (χ0) is 17.6. The molecule has 0 spiro atoms. The minimum absolute atomic E-state index is 0.000650. The lowest BCUT2D eigenvalue weighted by Crippen LogP contribution is -2.24. The molecular formula is C19H26N2O2S. The highest BCUT2D eigenvalue weighted by Crippen LogP contribution is 2.13. The monoisotopic (exact) mass is 346 g/mol. The number of aromatic nitrogens is 1. The molecule has 0 saturated carbocycles. The summed E-state index contributed by atoms with van der Waals surface area (Å²) in [4.78, 5) is 16.5. The molecule has 0 unspecified atom stereocenters. The maximum Gasteiger partial charge on any atom is 0.226 e. The van der Waals surface area contributed by atoms with E-state index in [9.17, 15) is 4.79 Å². The first kappa shape index (κ1) is 18.6. The minimum Gasteiger partial charge on any atom is -0.371 e. The van der Waals surface area contributed by atoms with Crippen molar-refractivity contribution in [2.75, 3.05) is 0 Å². The van der Waals surface area contributed by atoms with Gasteiger partial charge in [0.2, 0.25) is 5.91 Å². The van der Waals surface area contributed by atoms with E-state index in [1.807, 2.05) is 44.4 Å². The molecule has 0 saturated heterocycles. The fraction of sp³-hybridized carbons (Fsp3) is 0.474. The van der Waals surface area contributed by atoms with Gasteiger partial charge in [0.05, 0.1) is 29.3 Å². The van der Waals surface area contributed by atoms with Gasteiger partial charge < -0.3 is 10.1 Å². The van der Waals surface area contributed by atoms with Crippen LogP contribution in [0, 0.1) is 0 Å². The highest BCUT2D eigenvalue weighted by molar-refractivity contribution is 7.09. The lowest BCUT2D eigenvalue weighted by Gasteiger charge is -2.19. The van der Waals surface area contributed by atoms with Gasteiger partial charge in [-0.2, -0.15) is 0 Å². The number of rotatable bonds is 7. The molecular weight excluding hydrogens is 320 g/mol. The van der Waals surface area contributed by atoms with E-state index in [2.05, 4.69) is 23.3 Å². The fourth-order valence-electron chi connectivity index (χ4n) is 2.15. The summed E-state index contributed by atoms with van der Waals surface area (Å²) >= 11 is 1.61. The lowest BCUT2D eigenvalue weighted by molar-refractivity contribution is -0.120. The van der Waals surface area contributed by atoms with Crippen LogP contribution < -0.4 is 5.32 Å². The van der Waals surface area contributed by atoms with Crippen LogP contribution in [0.25, 0.3) is 0 Å². The van der Waals surface area contributed by atoms with Crippen LogP contribution in [0.4, 0.5) is 0 Å². The Bertz CT molecular complexity index is 674. The summed E-state index contributed by atoms with van der Waals surface area (Å²) in [5, 5.41) is 5.99. The number of hydrogen-bond acceptors (Lipinski definition) is 4. The predicted octanol–water partition coefficient (Wildman–Crippen LogP) is 3.88. The molecule has 1 N–H and O–H groups in total. The van der Waals surface area contributed by atoms with E-state index < -0.39 is 0 Å². The quantitative estimate of drug-likeness (QED) is 0.828. The maximum atomic E-state index is 12.1. The Morgan fingerprint density at radius 2 is 2.04 bits per heavy atom. The third-order valence-corrected chi connectivity index (χ3v) is 4.44. The Hall–Kier alpha value is -1.72. The molecule has 24 heavy (non-hydrogen) atoms. The van der Waals surface area contributed by atoms with Gasteiger partial charge in [-0.25, -0.2) is 4.98 Å². The summed E-state index contributed by atoms with van der Waals surface area (Å²) in [5.74, 6) is -0.000650. The number of nitrogens with one attached hydrogen (secondary N) is 1. The Morgan fingerprint density at radius 1 is 1.29 bits per heavy atom. The van der Waals surface area contributed by atoms with Gasteiger partial charge in [0.15, 0.2) is 0 Å². The molecule has 0 fully saturated rings. The van der Waals surface area contributed by atoms with Crippen molar-refractivity contribution in [3.63, 3.8) is 0 Å². The van der Waals surface area contributed by atoms with Gasteiger partial charge >= 0.3 is 0 Å². The van der Waals surface area contributed by atoms with Crippen molar-refractivity contribution < 1.29 is 9.53 Å². The van der Waals surface area contributed by atoms with Gasteiger partial charge in [-0.3, -0.25) is 4.79 Å². The highest BCUT2D eigenvalue weighted by atomic mass is 32.1. The van der Waals surface area contributed by atoms with Crippen molar-refractivity contribution in [3.05, 3.63) is 51.5 Å². The maximum absolute atomic E-state index is 12.1. The van der Waals surface area contributed by atoms with Gasteiger partial charge in [-0.15, -0.1) is 11.3 Å². The van der Waals surface area contributed by atoms with Crippen LogP contribution in [-0.4, -0.2) is 16.5 Å². The number of carbonyl (C=O) groups is 1. The molecule has 2 rings (SSSR count). The first-order chi connectivity index (χ1) is 11.4. The molecule has 4 nitrogen and oxygen atoms in total. The van der Waals surface area contributed by atoms with Crippen molar-refractivity contribution >= 4 is 17.2 Å². The molecule has 1 aromatic heterocycles. The number of thiazole rings is 1. The molecule has 0 aliphatic carbocycles. The Labute approximate surface area is 148 Å². The van der Waals surface area contributed by atoms with Gasteiger partial charge in [0.25, 0.3) is 0 Å². The summed E-state index contributed by atoms with van der Waals surface area (Å²) < 4.78 is 5.79. The summed E-state index contributed by atoms with van der Waals surface area (Å²) in [6.45, 7) is 9.29. The van der Waals surface area contributed by atoms with Crippen molar-refractivity contribution in [1.82, 2.24) is 10.3 Å².